The number of benzene rings is 4. The average molecular weight is 915 g/mol. The van der Waals surface area contributed by atoms with Crippen molar-refractivity contribution < 1.29 is 9.47 Å². The van der Waals surface area contributed by atoms with Crippen LogP contribution in [0.25, 0.3) is 0 Å². The van der Waals surface area contributed by atoms with Gasteiger partial charge in [-0.25, -0.2) is 0 Å². The summed E-state index contributed by atoms with van der Waals surface area (Å²) in [5.41, 5.74) is 10.1. The molecule has 6 nitrogen and oxygen atoms in total. The van der Waals surface area contributed by atoms with Crippen molar-refractivity contribution in [3.05, 3.63) is 121 Å². The summed E-state index contributed by atoms with van der Waals surface area (Å²) in [5.74, 6) is 1.25. The third-order valence-corrected chi connectivity index (χ3v) is 28.9. The highest BCUT2D eigenvalue weighted by molar-refractivity contribution is 7.61. The van der Waals surface area contributed by atoms with E-state index >= 15 is 0 Å². The van der Waals surface area contributed by atoms with Gasteiger partial charge in [0.15, 0.2) is 0 Å². The molecule has 8 heteroatoms. The maximum Gasteiger partial charge on any atom is 0.0666 e. The summed E-state index contributed by atoms with van der Waals surface area (Å²) in [6.45, 7) is 0. The topological polar surface area (TPSA) is 31.4 Å². The van der Waals surface area contributed by atoms with E-state index in [1.807, 2.05) is 0 Å². The molecule has 12 fully saturated rings. The van der Waals surface area contributed by atoms with Crippen LogP contribution in [-0.4, -0.2) is 107 Å². The van der Waals surface area contributed by atoms with Crippen LogP contribution in [0.15, 0.2) is 121 Å². The van der Waals surface area contributed by atoms with E-state index in [4.69, 9.17) is 9.47 Å². The van der Waals surface area contributed by atoms with Crippen LogP contribution in [0.3, 0.4) is 0 Å². The van der Waals surface area contributed by atoms with E-state index < -0.39 is 0 Å². The molecule has 4 aromatic rings. The Balaban J connectivity index is 0.954. The van der Waals surface area contributed by atoms with Gasteiger partial charge in [0.1, 0.15) is 0 Å². The summed E-state index contributed by atoms with van der Waals surface area (Å²) in [7, 11) is -0.532. The first-order valence-electron chi connectivity index (χ1n) is 27.0. The normalized spacial score (nSPS) is 47.5. The molecular formula is C58H68N4O2P2. The Kier molecular flexibility index (Phi) is 9.13. The van der Waals surface area contributed by atoms with Gasteiger partial charge in [0, 0.05) is 105 Å². The Bertz CT molecular complexity index is 2250. The van der Waals surface area contributed by atoms with Gasteiger partial charge >= 0.3 is 0 Å². The number of fused-ring (bicyclic) bond motifs is 3. The molecule has 0 N–H and O–H groups in total. The quantitative estimate of drug-likeness (QED) is 0.190. The van der Waals surface area contributed by atoms with E-state index in [2.05, 4.69) is 141 Å². The van der Waals surface area contributed by atoms with Crippen molar-refractivity contribution in [2.24, 2.45) is 11.8 Å². The highest BCUT2D eigenvalue weighted by atomic mass is 31.1. The minimum absolute atomic E-state index is 0.266. The Hall–Kier alpha value is -3.14. The van der Waals surface area contributed by atoms with Gasteiger partial charge in [-0.1, -0.05) is 88.6 Å². The Labute approximate surface area is 395 Å². The first kappa shape index (κ1) is 39.7. The summed E-state index contributed by atoms with van der Waals surface area (Å²) in [5, 5.41) is 0. The van der Waals surface area contributed by atoms with Gasteiger partial charge in [-0.3, -0.25) is 0 Å². The molecule has 0 spiro atoms. The van der Waals surface area contributed by atoms with Crippen molar-refractivity contribution in [3.8, 4) is 0 Å². The molecule has 6 saturated heterocycles. The number of anilines is 4. The van der Waals surface area contributed by atoms with Crippen molar-refractivity contribution in [2.75, 3.05) is 19.6 Å². The molecule has 0 aromatic heterocycles. The molecule has 342 valence electrons. The van der Waals surface area contributed by atoms with Crippen molar-refractivity contribution in [3.63, 3.8) is 0 Å². The van der Waals surface area contributed by atoms with Gasteiger partial charge in [-0.2, -0.15) is 0 Å². The molecule has 6 aliphatic carbocycles. The Morgan fingerprint density at radius 2 is 0.606 bits per heavy atom. The van der Waals surface area contributed by atoms with Crippen LogP contribution >= 0.6 is 15.8 Å². The van der Waals surface area contributed by atoms with Crippen LogP contribution in [-0.2, 0) is 9.47 Å². The zero-order valence-corrected chi connectivity index (χ0v) is 40.3. The van der Waals surface area contributed by atoms with E-state index in [0.717, 1.165) is 0 Å². The van der Waals surface area contributed by atoms with Gasteiger partial charge in [0.25, 0.3) is 0 Å². The summed E-state index contributed by atoms with van der Waals surface area (Å²) in [6.07, 6.45) is 20.1. The van der Waals surface area contributed by atoms with E-state index in [1.165, 1.54) is 113 Å². The number of hydrogen-bond donors (Lipinski definition) is 0. The number of para-hydroxylation sites is 4. The van der Waals surface area contributed by atoms with Crippen LogP contribution in [0.1, 0.15) is 89.9 Å². The zero-order valence-electron chi connectivity index (χ0n) is 38.5. The van der Waals surface area contributed by atoms with Gasteiger partial charge in [0.05, 0.1) is 24.4 Å². The smallest absolute Gasteiger partial charge is 0.0666 e. The highest BCUT2D eigenvalue weighted by Gasteiger charge is 2.74. The molecule has 0 radical (unpaired) electrons. The van der Waals surface area contributed by atoms with E-state index in [9.17, 15) is 0 Å². The molecular weight excluding hydrogens is 847 g/mol. The maximum atomic E-state index is 7.59. The van der Waals surface area contributed by atoms with Crippen LogP contribution in [0.2, 0.25) is 0 Å². The lowest BCUT2D eigenvalue weighted by Gasteiger charge is -2.77. The monoisotopic (exact) mass is 914 g/mol. The molecule has 0 amide bonds. The lowest BCUT2D eigenvalue weighted by molar-refractivity contribution is -0.0743. The van der Waals surface area contributed by atoms with Crippen molar-refractivity contribution in [2.45, 2.75) is 197 Å². The van der Waals surface area contributed by atoms with Crippen molar-refractivity contribution in [1.82, 2.24) is 0 Å². The van der Waals surface area contributed by atoms with Crippen LogP contribution in [0.4, 0.5) is 22.7 Å². The third-order valence-electron chi connectivity index (χ3n) is 20.8. The lowest BCUT2D eigenvalue weighted by Crippen LogP contribution is -2.83. The number of ether oxygens (including phenoxy) is 2. The Morgan fingerprint density at radius 1 is 0.318 bits per heavy atom. The minimum atomic E-state index is -0.266. The summed E-state index contributed by atoms with van der Waals surface area (Å²) < 4.78 is 15.2. The molecule has 6 aliphatic heterocycles. The predicted octanol–water partition coefficient (Wildman–Crippen LogP) is 11.5. The number of rotatable bonds is 4. The highest BCUT2D eigenvalue weighted by Crippen LogP contribution is 2.77. The summed E-state index contributed by atoms with van der Waals surface area (Å²) in [6, 6.07) is 52.6. The first-order valence-corrected chi connectivity index (χ1v) is 30.1. The molecule has 4 aromatic carbocycles. The van der Waals surface area contributed by atoms with Crippen LogP contribution in [0.5, 0.6) is 0 Å². The SMILES string of the molecule is c1ccc(N2C3CCCC4OC5CCCC6C5P(C43)C3C2CC2C(CC4C5C2N(c2ccccc2)C2CCCC7OC8CCCC(C8P5C72)N4c2ccccc2)C3N6c2ccccc2)cc1. The molecule has 6 heterocycles. The summed E-state index contributed by atoms with van der Waals surface area (Å²) >= 11 is 0. The molecule has 16 rings (SSSR count). The largest absolute Gasteiger partial charge is 0.374 e. The third kappa shape index (κ3) is 5.41. The van der Waals surface area contributed by atoms with Crippen LogP contribution < -0.4 is 19.6 Å². The van der Waals surface area contributed by atoms with Crippen LogP contribution in [0, 0.1) is 11.8 Å². The van der Waals surface area contributed by atoms with E-state index in [0.29, 0.717) is 119 Å². The zero-order chi connectivity index (χ0) is 42.8. The predicted molar refractivity (Wildman–Crippen MR) is 271 cm³/mol. The minimum Gasteiger partial charge on any atom is -0.374 e. The Morgan fingerprint density at radius 3 is 0.924 bits per heavy atom. The molecule has 6 saturated carbocycles. The summed E-state index contributed by atoms with van der Waals surface area (Å²) in [4.78, 5) is 12.7. The van der Waals surface area contributed by atoms with E-state index in [-0.39, 0.29) is 15.8 Å². The van der Waals surface area contributed by atoms with Crippen molar-refractivity contribution in [1.29, 1.82) is 0 Å². The second-order valence-corrected chi connectivity index (χ2v) is 28.5. The fourth-order valence-electron chi connectivity index (χ4n) is 19.3. The lowest BCUT2D eigenvalue weighted by atomic mass is 9.60. The molecule has 22 unspecified atom stereocenters. The maximum absolute atomic E-state index is 7.59. The van der Waals surface area contributed by atoms with Gasteiger partial charge in [-0.05, 0) is 150 Å². The fourth-order valence-corrected chi connectivity index (χ4v) is 29.6. The van der Waals surface area contributed by atoms with Gasteiger partial charge in [-0.15, -0.1) is 0 Å². The number of nitrogens with zero attached hydrogens (tertiary/aromatic N) is 4. The number of hydrogen-bond acceptors (Lipinski definition) is 6. The second kappa shape index (κ2) is 15.2. The first-order chi connectivity index (χ1) is 32.8. The second-order valence-electron chi connectivity index (χ2n) is 23.1. The van der Waals surface area contributed by atoms with Gasteiger partial charge in [0.2, 0.25) is 0 Å². The molecule has 0 bridgehead atoms. The van der Waals surface area contributed by atoms with Gasteiger partial charge < -0.3 is 29.1 Å². The standard InChI is InChI=1S/C58H68N4O2P2/c1-5-17-35(18-6-1)59-41-25-13-29-47-53(41)65-55-43(27-15-31-49(55)63-47)61(37-21-9-3-10-22-37)51-40-34-46-58-52(39(40)33-45(59)57(51)65)62(38-23-11-4-12-24-38)44-28-16-32-50-56(44)66(58)54-42(26-14-30-48(54)64-50)60(46)36-19-7-2-8-20-36/h1-12,17-24,39-58H,13-16,25-34H2. The van der Waals surface area contributed by atoms with E-state index in [1.54, 1.807) is 0 Å². The fraction of sp³-hybridized carbons (Fsp3) is 0.586. The average Bonchev–Trinajstić information content (AvgIpc) is 3.37. The molecule has 12 aliphatic rings. The molecule has 66 heavy (non-hydrogen) atoms. The molecule has 22 atom stereocenters. The van der Waals surface area contributed by atoms with Crippen molar-refractivity contribution >= 4 is 38.6 Å².